The molecule has 0 radical (unpaired) electrons. The Hall–Kier alpha value is -2.24. The molecule has 11 atom stereocenters. The van der Waals surface area contributed by atoms with E-state index in [4.69, 9.17) is 18.6 Å². The molecule has 5 aliphatic rings. The number of hydrogen-bond acceptors (Lipinski definition) is 10. The number of fused-ring (bicyclic) bond motifs is 2. The van der Waals surface area contributed by atoms with E-state index >= 15 is 0 Å². The second-order valence-corrected chi connectivity index (χ2v) is 13.1. The van der Waals surface area contributed by atoms with Crippen LogP contribution in [0, 0.1) is 33.5 Å². The molecule has 2 saturated heterocycles. The van der Waals surface area contributed by atoms with Crippen molar-refractivity contribution >= 4 is 11.9 Å². The quantitative estimate of drug-likeness (QED) is 0.422. The number of esters is 2. The zero-order valence-electron chi connectivity index (χ0n) is 22.4. The highest BCUT2D eigenvalue weighted by molar-refractivity contribution is 5.85. The highest BCUT2D eigenvalue weighted by Gasteiger charge is 2.93. The summed E-state index contributed by atoms with van der Waals surface area (Å²) in [4.78, 5) is 25.7. The van der Waals surface area contributed by atoms with Gasteiger partial charge in [-0.3, -0.25) is 0 Å². The normalized spacial score (nSPS) is 50.9. The number of aliphatic hydroxyl groups is 4. The number of methoxy groups -OCH3 is 1. The summed E-state index contributed by atoms with van der Waals surface area (Å²) in [5, 5.41) is 47.9. The fourth-order valence-corrected chi connectivity index (χ4v) is 9.88. The van der Waals surface area contributed by atoms with E-state index in [0.717, 1.165) is 0 Å². The van der Waals surface area contributed by atoms with Crippen LogP contribution in [-0.2, 0) is 23.8 Å². The average molecular weight is 533 g/mol. The van der Waals surface area contributed by atoms with E-state index in [1.54, 1.807) is 33.8 Å². The molecule has 4 N–H and O–H groups in total. The summed E-state index contributed by atoms with van der Waals surface area (Å²) in [6.45, 7) is 8.70. The SMILES string of the molecule is COC(=O)C(O)[C@H]1C(C)(C)[C@H](O)[C@]2(C)[C@@H](O)[C@@]34OC2(O)[C@]1(C)[C@H]3CC[C@]1(C)C4=CC(=O)O[C@H]1c1ccoc1. The average Bonchev–Trinajstić information content (AvgIpc) is 3.51. The van der Waals surface area contributed by atoms with E-state index in [1.165, 1.54) is 25.7 Å². The standard InChI is InChI=1S/C28H36O10/c1-23(2)18(17(30)20(31)35-6)25(4)14-7-9-24(3)15(11-16(29)37-19(24)13-8-10-36-12-13)27(14)22(33)26(5,21(23)32)28(25,34)38-27/h8,10-12,14,17-19,21-22,30,32-34H,7,9H2,1-6H3/t14-,17?,18+,19+,21+,22-,24-,25-,26-,27-,28?/m1/s1. The molecule has 2 bridgehead atoms. The van der Waals surface area contributed by atoms with Crippen molar-refractivity contribution in [3.63, 3.8) is 0 Å². The molecule has 2 aliphatic carbocycles. The molecule has 4 fully saturated rings. The maximum absolute atomic E-state index is 13.0. The molecule has 1 aromatic rings. The Balaban J connectivity index is 1.61. The summed E-state index contributed by atoms with van der Waals surface area (Å²) >= 11 is 0. The van der Waals surface area contributed by atoms with E-state index in [2.05, 4.69) is 0 Å². The molecule has 0 aromatic carbocycles. The van der Waals surface area contributed by atoms with Gasteiger partial charge in [-0.1, -0.05) is 27.7 Å². The number of furan rings is 1. The van der Waals surface area contributed by atoms with E-state index in [0.29, 0.717) is 24.0 Å². The number of carbonyl (C=O) groups is 2. The number of aliphatic hydroxyl groups excluding tert-OH is 3. The zero-order valence-corrected chi connectivity index (χ0v) is 22.4. The largest absolute Gasteiger partial charge is 0.472 e. The minimum Gasteiger partial charge on any atom is -0.472 e. The van der Waals surface area contributed by atoms with Gasteiger partial charge in [-0.2, -0.15) is 0 Å². The van der Waals surface area contributed by atoms with Crippen molar-refractivity contribution in [3.8, 4) is 0 Å². The Morgan fingerprint density at radius 1 is 1.13 bits per heavy atom. The van der Waals surface area contributed by atoms with Crippen LogP contribution in [0.5, 0.6) is 0 Å². The monoisotopic (exact) mass is 532 g/mol. The third-order valence-electron chi connectivity index (χ3n) is 11.4. The van der Waals surface area contributed by atoms with Crippen molar-refractivity contribution in [1.82, 2.24) is 0 Å². The first-order valence-corrected chi connectivity index (χ1v) is 13.1. The van der Waals surface area contributed by atoms with Crippen molar-refractivity contribution in [2.24, 2.45) is 33.5 Å². The van der Waals surface area contributed by atoms with Gasteiger partial charge in [0.1, 0.15) is 17.8 Å². The summed E-state index contributed by atoms with van der Waals surface area (Å²) < 4.78 is 22.6. The molecular formula is C28H36O10. The maximum atomic E-state index is 13.0. The van der Waals surface area contributed by atoms with Crippen LogP contribution in [0.4, 0.5) is 0 Å². The summed E-state index contributed by atoms with van der Waals surface area (Å²) in [6, 6.07) is 1.72. The van der Waals surface area contributed by atoms with Crippen molar-refractivity contribution in [2.75, 3.05) is 7.11 Å². The van der Waals surface area contributed by atoms with Crippen LogP contribution >= 0.6 is 0 Å². The zero-order chi connectivity index (χ0) is 27.8. The lowest BCUT2D eigenvalue weighted by molar-refractivity contribution is -0.368. The molecule has 1 spiro atoms. The van der Waals surface area contributed by atoms with Crippen molar-refractivity contribution < 1.29 is 48.6 Å². The van der Waals surface area contributed by atoms with Crippen molar-refractivity contribution in [2.45, 2.75) is 83.3 Å². The number of hydrogen-bond donors (Lipinski definition) is 4. The highest BCUT2D eigenvalue weighted by Crippen LogP contribution is 2.83. The summed E-state index contributed by atoms with van der Waals surface area (Å²) in [5.74, 6) is -5.29. The predicted octanol–water partition coefficient (Wildman–Crippen LogP) is 1.62. The lowest BCUT2D eigenvalue weighted by Crippen LogP contribution is -2.80. The van der Waals surface area contributed by atoms with E-state index in [-0.39, 0.29) is 0 Å². The van der Waals surface area contributed by atoms with E-state index < -0.39 is 81.2 Å². The first-order chi connectivity index (χ1) is 17.6. The summed E-state index contributed by atoms with van der Waals surface area (Å²) in [5.41, 5.74) is -5.39. The summed E-state index contributed by atoms with van der Waals surface area (Å²) in [7, 11) is 1.17. The molecule has 0 amide bonds. The van der Waals surface area contributed by atoms with Gasteiger partial charge in [-0.25, -0.2) is 9.59 Å². The van der Waals surface area contributed by atoms with Crippen molar-refractivity contribution in [3.05, 3.63) is 35.8 Å². The van der Waals surface area contributed by atoms with Gasteiger partial charge in [0, 0.05) is 34.3 Å². The van der Waals surface area contributed by atoms with Crippen LogP contribution < -0.4 is 0 Å². The molecule has 3 aliphatic heterocycles. The van der Waals surface area contributed by atoms with Gasteiger partial charge in [0.15, 0.2) is 11.9 Å². The van der Waals surface area contributed by atoms with Gasteiger partial charge < -0.3 is 39.1 Å². The Bertz CT molecular complexity index is 1240. The number of carbonyl (C=O) groups excluding carboxylic acids is 2. The summed E-state index contributed by atoms with van der Waals surface area (Å²) in [6.07, 6.45) is 0.0394. The molecular weight excluding hydrogens is 496 g/mol. The second kappa shape index (κ2) is 7.28. The Morgan fingerprint density at radius 3 is 2.42 bits per heavy atom. The fourth-order valence-electron chi connectivity index (χ4n) is 9.88. The minimum atomic E-state index is -2.16. The van der Waals surface area contributed by atoms with Crippen LogP contribution in [0.2, 0.25) is 0 Å². The minimum absolute atomic E-state index is 0.419. The van der Waals surface area contributed by atoms with Gasteiger partial charge in [0.25, 0.3) is 0 Å². The van der Waals surface area contributed by atoms with Gasteiger partial charge >= 0.3 is 11.9 Å². The van der Waals surface area contributed by atoms with Crippen LogP contribution in [-0.4, -0.2) is 69.2 Å². The highest BCUT2D eigenvalue weighted by atomic mass is 16.7. The third kappa shape index (κ3) is 2.40. The van der Waals surface area contributed by atoms with Gasteiger partial charge in [0.05, 0.1) is 31.2 Å². The molecule has 10 heteroatoms. The topological polar surface area (TPSA) is 156 Å². The lowest BCUT2D eigenvalue weighted by atomic mass is 9.33. The van der Waals surface area contributed by atoms with Crippen LogP contribution in [0.15, 0.2) is 34.7 Å². The van der Waals surface area contributed by atoms with Gasteiger partial charge in [-0.05, 0) is 36.8 Å². The first kappa shape index (κ1) is 26.0. The van der Waals surface area contributed by atoms with Crippen molar-refractivity contribution in [1.29, 1.82) is 0 Å². The lowest BCUT2D eigenvalue weighted by Gasteiger charge is -2.70. The van der Waals surface area contributed by atoms with E-state index in [1.807, 2.05) is 6.92 Å². The van der Waals surface area contributed by atoms with Gasteiger partial charge in [-0.15, -0.1) is 0 Å². The molecule has 1 aromatic heterocycles. The number of rotatable bonds is 3. The van der Waals surface area contributed by atoms with Crippen LogP contribution in [0.1, 0.15) is 59.1 Å². The molecule has 208 valence electrons. The maximum Gasteiger partial charge on any atom is 0.335 e. The third-order valence-corrected chi connectivity index (χ3v) is 11.4. The molecule has 2 saturated carbocycles. The Labute approximate surface area is 220 Å². The molecule has 4 heterocycles. The smallest absolute Gasteiger partial charge is 0.335 e. The number of ether oxygens (including phenoxy) is 3. The molecule has 38 heavy (non-hydrogen) atoms. The fraction of sp³-hybridized carbons (Fsp3) is 0.714. The number of cyclic esters (lactones) is 1. The predicted molar refractivity (Wildman–Crippen MR) is 129 cm³/mol. The molecule has 10 nitrogen and oxygen atoms in total. The Kier molecular flexibility index (Phi) is 4.98. The first-order valence-electron chi connectivity index (χ1n) is 13.1. The second-order valence-electron chi connectivity index (χ2n) is 13.1. The van der Waals surface area contributed by atoms with Gasteiger partial charge in [0.2, 0.25) is 0 Å². The van der Waals surface area contributed by atoms with E-state index in [9.17, 15) is 30.0 Å². The van der Waals surface area contributed by atoms with Crippen LogP contribution in [0.3, 0.4) is 0 Å². The van der Waals surface area contributed by atoms with Crippen LogP contribution in [0.25, 0.3) is 0 Å². The molecule has 6 rings (SSSR count). The molecule has 2 unspecified atom stereocenters. The Morgan fingerprint density at radius 2 is 1.82 bits per heavy atom.